The minimum absolute atomic E-state index is 0.0283. The average molecular weight is 491 g/mol. The number of aryl methyl sites for hydroxylation is 1. The molecule has 162 valence electrons. The van der Waals surface area contributed by atoms with E-state index in [1.165, 1.54) is 11.1 Å². The van der Waals surface area contributed by atoms with E-state index in [1.54, 1.807) is 23.6 Å². The smallest absolute Gasteiger partial charge is 0.242 e. The molecule has 0 saturated heterocycles. The van der Waals surface area contributed by atoms with Gasteiger partial charge in [-0.2, -0.15) is 0 Å². The highest BCUT2D eigenvalue weighted by atomic mass is 79.9. The SMILES string of the molecule is CC[C@@H](C)NC(=O)[C@@H](C)N(Cc1cccc(Br)c1)C(=O)CSCc1cccc(C)c1. The number of hydrogen-bond donors (Lipinski definition) is 1. The predicted octanol–water partition coefficient (Wildman–Crippen LogP) is 5.32. The number of rotatable bonds is 10. The van der Waals surface area contributed by atoms with Crippen LogP contribution >= 0.6 is 27.7 Å². The van der Waals surface area contributed by atoms with E-state index in [0.29, 0.717) is 12.3 Å². The van der Waals surface area contributed by atoms with Crippen molar-refractivity contribution >= 4 is 39.5 Å². The number of carbonyl (C=O) groups excluding carboxylic acids is 2. The second-order valence-corrected chi connectivity index (χ2v) is 9.53. The molecule has 1 N–H and O–H groups in total. The molecule has 0 fully saturated rings. The zero-order valence-electron chi connectivity index (χ0n) is 18.2. The summed E-state index contributed by atoms with van der Waals surface area (Å²) in [4.78, 5) is 27.5. The maximum Gasteiger partial charge on any atom is 0.242 e. The number of hydrogen-bond acceptors (Lipinski definition) is 3. The summed E-state index contributed by atoms with van der Waals surface area (Å²) in [5, 5.41) is 3.00. The number of benzene rings is 2. The highest BCUT2D eigenvalue weighted by Gasteiger charge is 2.26. The number of thioether (sulfide) groups is 1. The average Bonchev–Trinajstić information content (AvgIpc) is 2.71. The molecular formula is C24H31BrN2O2S. The normalized spacial score (nSPS) is 12.8. The van der Waals surface area contributed by atoms with Gasteiger partial charge >= 0.3 is 0 Å². The third-order valence-corrected chi connectivity index (χ3v) is 6.47. The minimum atomic E-state index is -0.537. The standard InChI is InChI=1S/C24H31BrN2O2S/c1-5-18(3)26-24(29)19(4)27(14-20-9-7-11-22(25)13-20)23(28)16-30-15-21-10-6-8-17(2)12-21/h6-13,18-19H,5,14-16H2,1-4H3,(H,26,29)/t18-,19-/m1/s1. The molecule has 4 nitrogen and oxygen atoms in total. The first-order chi connectivity index (χ1) is 14.3. The summed E-state index contributed by atoms with van der Waals surface area (Å²) in [6, 6.07) is 15.7. The maximum atomic E-state index is 13.1. The molecule has 0 aliphatic heterocycles. The van der Waals surface area contributed by atoms with Crippen molar-refractivity contribution in [2.24, 2.45) is 0 Å². The molecule has 2 amide bonds. The Morgan fingerprint density at radius 3 is 2.47 bits per heavy atom. The molecule has 2 aromatic carbocycles. The van der Waals surface area contributed by atoms with Crippen LogP contribution in [0.25, 0.3) is 0 Å². The molecule has 6 heteroatoms. The van der Waals surface area contributed by atoms with Crippen LogP contribution in [0.1, 0.15) is 43.9 Å². The van der Waals surface area contributed by atoms with Gasteiger partial charge in [0, 0.05) is 22.8 Å². The van der Waals surface area contributed by atoms with Gasteiger partial charge in [0.1, 0.15) is 6.04 Å². The molecule has 0 bridgehead atoms. The third kappa shape index (κ3) is 7.80. The molecular weight excluding hydrogens is 460 g/mol. The van der Waals surface area contributed by atoms with Gasteiger partial charge in [-0.05, 0) is 50.5 Å². The molecule has 2 rings (SSSR count). The molecule has 30 heavy (non-hydrogen) atoms. The number of nitrogens with one attached hydrogen (secondary N) is 1. The van der Waals surface area contributed by atoms with E-state index in [9.17, 15) is 9.59 Å². The van der Waals surface area contributed by atoms with E-state index in [-0.39, 0.29) is 17.9 Å². The first-order valence-electron chi connectivity index (χ1n) is 10.3. The van der Waals surface area contributed by atoms with Crippen molar-refractivity contribution in [2.75, 3.05) is 5.75 Å². The fraction of sp³-hybridized carbons (Fsp3) is 0.417. The van der Waals surface area contributed by atoms with Crippen molar-refractivity contribution in [1.82, 2.24) is 10.2 Å². The lowest BCUT2D eigenvalue weighted by Crippen LogP contribution is -2.50. The molecule has 0 aromatic heterocycles. The number of halogens is 1. The van der Waals surface area contributed by atoms with Crippen LogP contribution in [0.5, 0.6) is 0 Å². The summed E-state index contributed by atoms with van der Waals surface area (Å²) in [5.74, 6) is 0.963. The molecule has 0 aliphatic rings. The van der Waals surface area contributed by atoms with Crippen LogP contribution in [-0.4, -0.2) is 34.6 Å². The fourth-order valence-electron chi connectivity index (χ4n) is 3.02. The molecule has 0 saturated carbocycles. The summed E-state index contributed by atoms with van der Waals surface area (Å²) >= 11 is 5.06. The Morgan fingerprint density at radius 2 is 1.80 bits per heavy atom. The van der Waals surface area contributed by atoms with Crippen LogP contribution < -0.4 is 5.32 Å². The molecule has 0 spiro atoms. The molecule has 0 unspecified atom stereocenters. The summed E-state index contributed by atoms with van der Waals surface area (Å²) in [7, 11) is 0. The van der Waals surface area contributed by atoms with E-state index in [2.05, 4.69) is 46.4 Å². The zero-order chi connectivity index (χ0) is 22.1. The quantitative estimate of drug-likeness (QED) is 0.489. The second kappa shape index (κ2) is 12.2. The lowest BCUT2D eigenvalue weighted by molar-refractivity contribution is -0.138. The highest BCUT2D eigenvalue weighted by Crippen LogP contribution is 2.18. The summed E-state index contributed by atoms with van der Waals surface area (Å²) < 4.78 is 0.956. The van der Waals surface area contributed by atoms with Crippen LogP contribution in [-0.2, 0) is 21.9 Å². The largest absolute Gasteiger partial charge is 0.352 e. The van der Waals surface area contributed by atoms with Gasteiger partial charge in [0.25, 0.3) is 0 Å². The van der Waals surface area contributed by atoms with E-state index >= 15 is 0 Å². The number of amides is 2. The van der Waals surface area contributed by atoms with E-state index in [0.717, 1.165) is 22.2 Å². The Kier molecular flexibility index (Phi) is 9.92. The summed E-state index contributed by atoms with van der Waals surface area (Å²) in [6.45, 7) is 8.28. The summed E-state index contributed by atoms with van der Waals surface area (Å²) in [5.41, 5.74) is 3.41. The summed E-state index contributed by atoms with van der Waals surface area (Å²) in [6.07, 6.45) is 0.852. The number of nitrogens with zero attached hydrogens (tertiary/aromatic N) is 1. The van der Waals surface area contributed by atoms with E-state index in [4.69, 9.17) is 0 Å². The van der Waals surface area contributed by atoms with Gasteiger partial charge in [-0.1, -0.05) is 64.8 Å². The van der Waals surface area contributed by atoms with Crippen molar-refractivity contribution in [3.05, 3.63) is 69.7 Å². The van der Waals surface area contributed by atoms with Crippen LogP contribution in [0.4, 0.5) is 0 Å². The van der Waals surface area contributed by atoms with Gasteiger partial charge in [0.15, 0.2) is 0 Å². The number of carbonyl (C=O) groups is 2. The zero-order valence-corrected chi connectivity index (χ0v) is 20.6. The van der Waals surface area contributed by atoms with Gasteiger partial charge in [-0.3, -0.25) is 9.59 Å². The van der Waals surface area contributed by atoms with Gasteiger partial charge in [0.2, 0.25) is 11.8 Å². The maximum absolute atomic E-state index is 13.1. The van der Waals surface area contributed by atoms with E-state index < -0.39 is 6.04 Å². The highest BCUT2D eigenvalue weighted by molar-refractivity contribution is 9.10. The topological polar surface area (TPSA) is 49.4 Å². The lowest BCUT2D eigenvalue weighted by atomic mass is 10.1. The monoisotopic (exact) mass is 490 g/mol. The van der Waals surface area contributed by atoms with Gasteiger partial charge in [-0.25, -0.2) is 0 Å². The van der Waals surface area contributed by atoms with Crippen molar-refractivity contribution < 1.29 is 9.59 Å². The first-order valence-corrected chi connectivity index (χ1v) is 12.2. The lowest BCUT2D eigenvalue weighted by Gasteiger charge is -2.29. The van der Waals surface area contributed by atoms with Gasteiger partial charge in [0.05, 0.1) is 5.75 Å². The first kappa shape index (κ1) is 24.5. The molecule has 2 aromatic rings. The fourth-order valence-corrected chi connectivity index (χ4v) is 4.33. The van der Waals surface area contributed by atoms with Crippen LogP contribution in [0.3, 0.4) is 0 Å². The van der Waals surface area contributed by atoms with Crippen molar-refractivity contribution in [3.63, 3.8) is 0 Å². The molecule has 2 atom stereocenters. The van der Waals surface area contributed by atoms with Crippen LogP contribution in [0.2, 0.25) is 0 Å². The predicted molar refractivity (Wildman–Crippen MR) is 129 cm³/mol. The Bertz CT molecular complexity index is 859. The molecule has 0 radical (unpaired) electrons. The third-order valence-electron chi connectivity index (χ3n) is 4.99. The van der Waals surface area contributed by atoms with Crippen LogP contribution in [0, 0.1) is 6.92 Å². The van der Waals surface area contributed by atoms with Crippen molar-refractivity contribution in [2.45, 2.75) is 58.5 Å². The Hall–Kier alpha value is -1.79. The van der Waals surface area contributed by atoms with E-state index in [1.807, 2.05) is 44.2 Å². The van der Waals surface area contributed by atoms with Crippen LogP contribution in [0.15, 0.2) is 53.0 Å². The van der Waals surface area contributed by atoms with Crippen molar-refractivity contribution in [1.29, 1.82) is 0 Å². The van der Waals surface area contributed by atoms with Gasteiger partial charge in [-0.15, -0.1) is 11.8 Å². The Labute approximate surface area is 192 Å². The molecule has 0 aliphatic carbocycles. The second-order valence-electron chi connectivity index (χ2n) is 7.63. The molecule has 0 heterocycles. The Balaban J connectivity index is 2.08. The minimum Gasteiger partial charge on any atom is -0.352 e. The Morgan fingerprint density at radius 1 is 1.10 bits per heavy atom. The van der Waals surface area contributed by atoms with Crippen molar-refractivity contribution in [3.8, 4) is 0 Å². The van der Waals surface area contributed by atoms with Gasteiger partial charge < -0.3 is 10.2 Å².